The Kier molecular flexibility index (Phi) is 6.39. The highest BCUT2D eigenvalue weighted by molar-refractivity contribution is 5.96. The lowest BCUT2D eigenvalue weighted by atomic mass is 10.1. The molecule has 1 aromatic heterocycles. The number of furan rings is 1. The van der Waals surface area contributed by atoms with Gasteiger partial charge in [-0.3, -0.25) is 9.59 Å². The van der Waals surface area contributed by atoms with Crippen LogP contribution in [0.5, 0.6) is 0 Å². The molecule has 1 heterocycles. The molecule has 0 aliphatic carbocycles. The standard InChI is InChI=1S/C20H24N2O5/c1-12-6-7-13(2)17(8-12)21-18(23)10-22(5)19(24)11-26-20(25)16-9-14(3)27-15(16)4/h6-9H,10-11H2,1-5H3,(H,21,23). The first-order valence-corrected chi connectivity index (χ1v) is 8.52. The van der Waals surface area contributed by atoms with Gasteiger partial charge in [0, 0.05) is 12.7 Å². The number of esters is 1. The first-order chi connectivity index (χ1) is 12.7. The number of benzene rings is 1. The molecule has 0 spiro atoms. The van der Waals surface area contributed by atoms with Crippen LogP contribution in [-0.4, -0.2) is 42.9 Å². The van der Waals surface area contributed by atoms with Gasteiger partial charge in [0.2, 0.25) is 5.91 Å². The fourth-order valence-corrected chi connectivity index (χ4v) is 2.51. The Hall–Kier alpha value is -3.09. The van der Waals surface area contributed by atoms with E-state index in [0.717, 1.165) is 11.1 Å². The van der Waals surface area contributed by atoms with Gasteiger partial charge in [0.1, 0.15) is 17.1 Å². The molecule has 2 rings (SSSR count). The third-order valence-electron chi connectivity index (χ3n) is 4.06. The molecule has 0 atom stereocenters. The number of amides is 2. The van der Waals surface area contributed by atoms with Gasteiger partial charge in [-0.25, -0.2) is 4.79 Å². The summed E-state index contributed by atoms with van der Waals surface area (Å²) in [6, 6.07) is 7.30. The van der Waals surface area contributed by atoms with Gasteiger partial charge in [-0.05, 0) is 51.0 Å². The predicted molar refractivity (Wildman–Crippen MR) is 101 cm³/mol. The fourth-order valence-electron chi connectivity index (χ4n) is 2.51. The molecule has 0 aliphatic heterocycles. The molecule has 1 aromatic carbocycles. The lowest BCUT2D eigenvalue weighted by Crippen LogP contribution is -2.37. The highest BCUT2D eigenvalue weighted by Gasteiger charge is 2.19. The normalized spacial score (nSPS) is 10.4. The van der Waals surface area contributed by atoms with Crippen LogP contribution in [0.25, 0.3) is 0 Å². The molecule has 0 unspecified atom stereocenters. The number of hydrogen-bond donors (Lipinski definition) is 1. The molecule has 1 N–H and O–H groups in total. The summed E-state index contributed by atoms with van der Waals surface area (Å²) in [5, 5.41) is 2.78. The molecule has 0 saturated carbocycles. The van der Waals surface area contributed by atoms with Crippen molar-refractivity contribution in [2.24, 2.45) is 0 Å². The van der Waals surface area contributed by atoms with E-state index in [1.807, 2.05) is 32.0 Å². The molecule has 0 saturated heterocycles. The summed E-state index contributed by atoms with van der Waals surface area (Å²) in [6.45, 7) is 6.60. The lowest BCUT2D eigenvalue weighted by molar-refractivity contribution is -0.136. The van der Waals surface area contributed by atoms with Gasteiger partial charge in [-0.1, -0.05) is 12.1 Å². The van der Waals surface area contributed by atoms with Crippen LogP contribution in [0.1, 0.15) is 33.0 Å². The number of nitrogens with one attached hydrogen (secondary N) is 1. The van der Waals surface area contributed by atoms with Crippen LogP contribution in [0.4, 0.5) is 5.69 Å². The second-order valence-corrected chi connectivity index (χ2v) is 6.52. The van der Waals surface area contributed by atoms with Crippen molar-refractivity contribution in [2.75, 3.05) is 25.5 Å². The van der Waals surface area contributed by atoms with Crippen molar-refractivity contribution in [1.29, 1.82) is 0 Å². The third kappa shape index (κ3) is 5.44. The molecule has 2 amide bonds. The molecule has 2 aromatic rings. The van der Waals surface area contributed by atoms with Crippen molar-refractivity contribution in [3.8, 4) is 0 Å². The second kappa shape index (κ2) is 8.53. The number of carbonyl (C=O) groups excluding carboxylic acids is 3. The Morgan fingerprint density at radius 2 is 1.81 bits per heavy atom. The number of nitrogens with zero attached hydrogens (tertiary/aromatic N) is 1. The molecule has 144 valence electrons. The highest BCUT2D eigenvalue weighted by Crippen LogP contribution is 2.16. The average molecular weight is 372 g/mol. The minimum atomic E-state index is -0.633. The summed E-state index contributed by atoms with van der Waals surface area (Å²) in [4.78, 5) is 37.5. The Labute approximate surface area is 158 Å². The van der Waals surface area contributed by atoms with Crippen LogP contribution in [0, 0.1) is 27.7 Å². The van der Waals surface area contributed by atoms with Gasteiger partial charge in [-0.15, -0.1) is 0 Å². The largest absolute Gasteiger partial charge is 0.466 e. The van der Waals surface area contributed by atoms with E-state index >= 15 is 0 Å². The molecule has 0 aliphatic rings. The number of rotatable bonds is 6. The monoisotopic (exact) mass is 372 g/mol. The summed E-state index contributed by atoms with van der Waals surface area (Å²) in [5.74, 6) is -0.410. The molecule has 0 fully saturated rings. The van der Waals surface area contributed by atoms with Crippen LogP contribution in [-0.2, 0) is 14.3 Å². The highest BCUT2D eigenvalue weighted by atomic mass is 16.5. The van der Waals surface area contributed by atoms with Crippen molar-refractivity contribution in [2.45, 2.75) is 27.7 Å². The van der Waals surface area contributed by atoms with Gasteiger partial charge >= 0.3 is 5.97 Å². The third-order valence-corrected chi connectivity index (χ3v) is 4.06. The summed E-state index contributed by atoms with van der Waals surface area (Å²) < 4.78 is 10.3. The summed E-state index contributed by atoms with van der Waals surface area (Å²) in [7, 11) is 1.48. The van der Waals surface area contributed by atoms with Crippen LogP contribution >= 0.6 is 0 Å². The van der Waals surface area contributed by atoms with E-state index in [9.17, 15) is 14.4 Å². The summed E-state index contributed by atoms with van der Waals surface area (Å²) in [5.41, 5.74) is 2.95. The summed E-state index contributed by atoms with van der Waals surface area (Å²) in [6.07, 6.45) is 0. The summed E-state index contributed by atoms with van der Waals surface area (Å²) >= 11 is 0. The first kappa shape index (κ1) is 20.2. The van der Waals surface area contributed by atoms with Gasteiger partial charge in [0.25, 0.3) is 5.91 Å². The topological polar surface area (TPSA) is 88.9 Å². The van der Waals surface area contributed by atoms with Crippen molar-refractivity contribution < 1.29 is 23.5 Å². The fraction of sp³-hybridized carbons (Fsp3) is 0.350. The molecule has 0 radical (unpaired) electrons. The average Bonchev–Trinajstić information content (AvgIpc) is 2.93. The van der Waals surface area contributed by atoms with Crippen molar-refractivity contribution in [1.82, 2.24) is 4.90 Å². The maximum absolute atomic E-state index is 12.2. The first-order valence-electron chi connectivity index (χ1n) is 8.52. The number of aryl methyl sites for hydroxylation is 4. The smallest absolute Gasteiger partial charge is 0.342 e. The van der Waals surface area contributed by atoms with Gasteiger partial charge in [0.15, 0.2) is 6.61 Å². The zero-order chi connectivity index (χ0) is 20.1. The Morgan fingerprint density at radius 1 is 1.11 bits per heavy atom. The lowest BCUT2D eigenvalue weighted by Gasteiger charge is -2.17. The van der Waals surface area contributed by atoms with Crippen molar-refractivity contribution in [3.05, 3.63) is 52.5 Å². The number of hydrogen-bond acceptors (Lipinski definition) is 5. The van der Waals surface area contributed by atoms with Crippen LogP contribution in [0.3, 0.4) is 0 Å². The minimum Gasteiger partial charge on any atom is -0.466 e. The minimum absolute atomic E-state index is 0.145. The van der Waals surface area contributed by atoms with E-state index in [-0.39, 0.29) is 18.0 Å². The molecular formula is C20H24N2O5. The molecule has 7 heteroatoms. The molecule has 0 bridgehead atoms. The molecule has 7 nitrogen and oxygen atoms in total. The Morgan fingerprint density at radius 3 is 2.44 bits per heavy atom. The number of ether oxygens (including phenoxy) is 1. The van der Waals surface area contributed by atoms with Crippen LogP contribution in [0.2, 0.25) is 0 Å². The van der Waals surface area contributed by atoms with E-state index in [4.69, 9.17) is 9.15 Å². The van der Waals surface area contributed by atoms with Gasteiger partial charge in [-0.2, -0.15) is 0 Å². The number of anilines is 1. The maximum Gasteiger partial charge on any atom is 0.342 e. The number of carbonyl (C=O) groups is 3. The van der Waals surface area contributed by atoms with E-state index in [1.165, 1.54) is 11.9 Å². The number of likely N-dealkylation sites (N-methyl/N-ethyl adjacent to an activating group) is 1. The van der Waals surface area contributed by atoms with Crippen molar-refractivity contribution in [3.63, 3.8) is 0 Å². The van der Waals surface area contributed by atoms with E-state index in [2.05, 4.69) is 5.32 Å². The van der Waals surface area contributed by atoms with Crippen LogP contribution in [0.15, 0.2) is 28.7 Å². The Balaban J connectivity index is 1.86. The SMILES string of the molecule is Cc1ccc(C)c(NC(=O)CN(C)C(=O)COC(=O)c2cc(C)oc2C)c1. The van der Waals surface area contributed by atoms with E-state index in [1.54, 1.807) is 19.9 Å². The van der Waals surface area contributed by atoms with E-state index < -0.39 is 18.5 Å². The van der Waals surface area contributed by atoms with Crippen LogP contribution < -0.4 is 5.32 Å². The zero-order valence-corrected chi connectivity index (χ0v) is 16.2. The maximum atomic E-state index is 12.2. The van der Waals surface area contributed by atoms with Crippen molar-refractivity contribution >= 4 is 23.5 Å². The van der Waals surface area contributed by atoms with E-state index in [0.29, 0.717) is 17.2 Å². The molecular weight excluding hydrogens is 348 g/mol. The zero-order valence-electron chi connectivity index (χ0n) is 16.2. The van der Waals surface area contributed by atoms with Gasteiger partial charge in [0.05, 0.1) is 6.54 Å². The second-order valence-electron chi connectivity index (χ2n) is 6.52. The van der Waals surface area contributed by atoms with Gasteiger partial charge < -0.3 is 19.4 Å². The predicted octanol–water partition coefficient (Wildman–Crippen LogP) is 2.77. The molecule has 27 heavy (non-hydrogen) atoms. The Bertz CT molecular complexity index is 869. The quantitative estimate of drug-likeness (QED) is 0.788.